The maximum atomic E-state index is 11.8. The highest BCUT2D eigenvalue weighted by molar-refractivity contribution is 6.06. The lowest BCUT2D eigenvalue weighted by molar-refractivity contribution is 0.102. The average molecular weight is 247 g/mol. The minimum atomic E-state index is -0.753. The van der Waals surface area contributed by atoms with Gasteiger partial charge in [-0.2, -0.15) is 0 Å². The smallest absolute Gasteiger partial charge is 0.261 e. The number of phenols is 3. The molecule has 1 heterocycles. The minimum Gasteiger partial charge on any atom is -0.504 e. The zero-order valence-electron chi connectivity index (χ0n) is 9.03. The Balaban J connectivity index is 2.28. The first-order valence-electron chi connectivity index (χ1n) is 4.92. The van der Waals surface area contributed by atoms with Crippen molar-refractivity contribution in [1.82, 2.24) is 9.97 Å². The fourth-order valence-electron chi connectivity index (χ4n) is 1.28. The number of amides is 1. The third kappa shape index (κ3) is 2.14. The van der Waals surface area contributed by atoms with Crippen LogP contribution in [0.15, 0.2) is 30.6 Å². The number of carbonyl (C=O) groups excluding carboxylic acids is 1. The number of nitrogens with zero attached hydrogens (tertiary/aromatic N) is 2. The number of carbonyl (C=O) groups is 1. The van der Waals surface area contributed by atoms with Gasteiger partial charge in [-0.15, -0.1) is 0 Å². The van der Waals surface area contributed by atoms with E-state index in [0.717, 1.165) is 6.07 Å². The molecule has 0 bridgehead atoms. The molecule has 1 amide bonds. The predicted molar refractivity (Wildman–Crippen MR) is 61.4 cm³/mol. The summed E-state index contributed by atoms with van der Waals surface area (Å²) in [6.07, 6.45) is 2.88. The second-order valence-corrected chi connectivity index (χ2v) is 3.36. The van der Waals surface area contributed by atoms with Gasteiger partial charge in [0.2, 0.25) is 11.7 Å². The molecular formula is C11H9N3O4. The molecule has 2 rings (SSSR count). The lowest BCUT2D eigenvalue weighted by Crippen LogP contribution is -2.14. The van der Waals surface area contributed by atoms with E-state index in [4.69, 9.17) is 5.11 Å². The molecule has 4 N–H and O–H groups in total. The number of phenolic OH excluding ortho intramolecular Hbond substituents is 3. The van der Waals surface area contributed by atoms with Crippen LogP contribution in [-0.2, 0) is 0 Å². The highest BCUT2D eigenvalue weighted by Crippen LogP contribution is 2.37. The van der Waals surface area contributed by atoms with Crippen LogP contribution < -0.4 is 5.32 Å². The Morgan fingerprint density at radius 3 is 2.39 bits per heavy atom. The normalized spacial score (nSPS) is 10.0. The molecule has 0 spiro atoms. The van der Waals surface area contributed by atoms with Crippen LogP contribution >= 0.6 is 0 Å². The van der Waals surface area contributed by atoms with E-state index < -0.39 is 23.2 Å². The van der Waals surface area contributed by atoms with Crippen LogP contribution in [0.25, 0.3) is 0 Å². The summed E-state index contributed by atoms with van der Waals surface area (Å²) in [4.78, 5) is 19.3. The Morgan fingerprint density at radius 1 is 1.06 bits per heavy atom. The summed E-state index contributed by atoms with van der Waals surface area (Å²) in [7, 11) is 0. The zero-order valence-corrected chi connectivity index (χ0v) is 9.03. The molecule has 0 unspecified atom stereocenters. The van der Waals surface area contributed by atoms with E-state index in [2.05, 4.69) is 15.3 Å². The summed E-state index contributed by atoms with van der Waals surface area (Å²) in [6.45, 7) is 0. The second-order valence-electron chi connectivity index (χ2n) is 3.36. The molecule has 1 aromatic heterocycles. The first-order valence-corrected chi connectivity index (χ1v) is 4.92. The topological polar surface area (TPSA) is 116 Å². The number of aromatic nitrogens is 2. The number of nitrogens with one attached hydrogen (secondary N) is 1. The molecule has 0 atom stereocenters. The molecule has 0 aliphatic rings. The molecule has 1 aromatic carbocycles. The van der Waals surface area contributed by atoms with Gasteiger partial charge in [-0.05, 0) is 18.2 Å². The van der Waals surface area contributed by atoms with Crippen LogP contribution in [0.1, 0.15) is 10.4 Å². The first-order chi connectivity index (χ1) is 8.59. The molecule has 0 saturated carbocycles. The Bertz CT molecular complexity index is 586. The van der Waals surface area contributed by atoms with Crippen LogP contribution in [-0.4, -0.2) is 31.2 Å². The van der Waals surface area contributed by atoms with Crippen molar-refractivity contribution in [3.63, 3.8) is 0 Å². The van der Waals surface area contributed by atoms with E-state index in [9.17, 15) is 15.0 Å². The van der Waals surface area contributed by atoms with Gasteiger partial charge in [0.05, 0.1) is 5.56 Å². The number of aromatic hydroxyl groups is 3. The monoisotopic (exact) mass is 247 g/mol. The summed E-state index contributed by atoms with van der Waals surface area (Å²) < 4.78 is 0. The third-order valence-electron chi connectivity index (χ3n) is 2.17. The molecule has 0 saturated heterocycles. The SMILES string of the molecule is O=C(Nc1ncccn1)c1ccc(O)c(O)c1O. The number of rotatable bonds is 2. The van der Waals surface area contributed by atoms with Crippen LogP contribution in [0.4, 0.5) is 5.95 Å². The Labute approximate surface area is 101 Å². The Morgan fingerprint density at radius 2 is 1.72 bits per heavy atom. The number of anilines is 1. The fourth-order valence-corrected chi connectivity index (χ4v) is 1.28. The van der Waals surface area contributed by atoms with Gasteiger partial charge >= 0.3 is 0 Å². The van der Waals surface area contributed by atoms with Crippen molar-refractivity contribution in [2.45, 2.75) is 0 Å². The van der Waals surface area contributed by atoms with Crippen molar-refractivity contribution in [2.24, 2.45) is 0 Å². The number of hydrogen-bond acceptors (Lipinski definition) is 6. The molecule has 2 aromatic rings. The summed E-state index contributed by atoms with van der Waals surface area (Å²) in [5.41, 5.74) is -0.197. The highest BCUT2D eigenvalue weighted by Gasteiger charge is 2.17. The maximum absolute atomic E-state index is 11.8. The van der Waals surface area contributed by atoms with E-state index in [0.29, 0.717) is 0 Å². The highest BCUT2D eigenvalue weighted by atomic mass is 16.3. The molecule has 0 aliphatic carbocycles. The van der Waals surface area contributed by atoms with Crippen LogP contribution in [0.5, 0.6) is 17.2 Å². The van der Waals surface area contributed by atoms with Crippen molar-refractivity contribution in [3.8, 4) is 17.2 Å². The first kappa shape index (κ1) is 11.6. The molecule has 0 fully saturated rings. The fraction of sp³-hybridized carbons (Fsp3) is 0. The van der Waals surface area contributed by atoms with Crippen molar-refractivity contribution >= 4 is 11.9 Å². The lowest BCUT2D eigenvalue weighted by Gasteiger charge is -2.07. The molecular weight excluding hydrogens is 238 g/mol. The second kappa shape index (κ2) is 4.58. The van der Waals surface area contributed by atoms with Gasteiger partial charge in [-0.25, -0.2) is 9.97 Å². The van der Waals surface area contributed by atoms with E-state index in [-0.39, 0.29) is 11.5 Å². The third-order valence-corrected chi connectivity index (χ3v) is 2.17. The predicted octanol–water partition coefficient (Wildman–Crippen LogP) is 0.846. The van der Waals surface area contributed by atoms with Crippen molar-refractivity contribution in [1.29, 1.82) is 0 Å². The summed E-state index contributed by atoms with van der Waals surface area (Å²) in [5.74, 6) is -2.61. The molecule has 7 nitrogen and oxygen atoms in total. The van der Waals surface area contributed by atoms with Gasteiger partial charge < -0.3 is 15.3 Å². The number of hydrogen-bond donors (Lipinski definition) is 4. The molecule has 18 heavy (non-hydrogen) atoms. The molecule has 92 valence electrons. The van der Waals surface area contributed by atoms with Crippen molar-refractivity contribution in [3.05, 3.63) is 36.2 Å². The zero-order chi connectivity index (χ0) is 13.1. The van der Waals surface area contributed by atoms with Crippen molar-refractivity contribution in [2.75, 3.05) is 5.32 Å². The largest absolute Gasteiger partial charge is 0.504 e. The summed E-state index contributed by atoms with van der Waals surface area (Å²) in [5, 5.41) is 30.3. The summed E-state index contributed by atoms with van der Waals surface area (Å²) >= 11 is 0. The van der Waals surface area contributed by atoms with E-state index in [1.807, 2.05) is 0 Å². The maximum Gasteiger partial charge on any atom is 0.261 e. The average Bonchev–Trinajstić information content (AvgIpc) is 2.37. The van der Waals surface area contributed by atoms with E-state index >= 15 is 0 Å². The molecule has 7 heteroatoms. The standard InChI is InChI=1S/C11H9N3O4/c15-7-3-2-6(8(16)9(7)17)10(18)14-11-12-4-1-5-13-11/h1-5,15-17H,(H,12,13,14,18). The summed E-state index contributed by atoms with van der Waals surface area (Å²) in [6, 6.07) is 3.85. The van der Waals surface area contributed by atoms with Gasteiger partial charge in [-0.3, -0.25) is 10.1 Å². The van der Waals surface area contributed by atoms with Crippen molar-refractivity contribution < 1.29 is 20.1 Å². The molecule has 0 radical (unpaired) electrons. The lowest BCUT2D eigenvalue weighted by atomic mass is 10.1. The van der Waals surface area contributed by atoms with Gasteiger partial charge in [0, 0.05) is 12.4 Å². The number of benzene rings is 1. The van der Waals surface area contributed by atoms with Crippen LogP contribution in [0, 0.1) is 0 Å². The quantitative estimate of drug-likeness (QED) is 0.584. The Hall–Kier alpha value is -2.83. The van der Waals surface area contributed by atoms with Crippen LogP contribution in [0.2, 0.25) is 0 Å². The van der Waals surface area contributed by atoms with Gasteiger partial charge in [0.15, 0.2) is 11.5 Å². The Kier molecular flexibility index (Phi) is 2.96. The van der Waals surface area contributed by atoms with E-state index in [1.54, 1.807) is 6.07 Å². The van der Waals surface area contributed by atoms with E-state index in [1.165, 1.54) is 18.5 Å². The van der Waals surface area contributed by atoms with Gasteiger partial charge in [-0.1, -0.05) is 0 Å². The van der Waals surface area contributed by atoms with Crippen LogP contribution in [0.3, 0.4) is 0 Å². The van der Waals surface area contributed by atoms with Gasteiger partial charge in [0.25, 0.3) is 5.91 Å². The van der Waals surface area contributed by atoms with Gasteiger partial charge in [0.1, 0.15) is 0 Å². The molecule has 0 aliphatic heterocycles. The minimum absolute atomic E-state index is 0.0643.